The number of aromatic nitrogens is 2. The highest BCUT2D eigenvalue weighted by atomic mass is 32.1. The minimum Gasteiger partial charge on any atom is -0.361 e. The van der Waals surface area contributed by atoms with Gasteiger partial charge >= 0.3 is 0 Å². The molecule has 2 aromatic heterocycles. The van der Waals surface area contributed by atoms with Crippen molar-refractivity contribution in [3.63, 3.8) is 0 Å². The number of benzene rings is 2. The number of thiazole rings is 1. The number of carbonyl (C=O) groups excluding carboxylic acids is 1. The van der Waals surface area contributed by atoms with Gasteiger partial charge in [-0.05, 0) is 54.3 Å². The summed E-state index contributed by atoms with van der Waals surface area (Å²) in [4.78, 5) is 19.7. The largest absolute Gasteiger partial charge is 0.361 e. The normalized spacial score (nSPS) is 19.2. The Labute approximate surface area is 153 Å². The average Bonchev–Trinajstić information content (AvgIpc) is 3.02. The lowest BCUT2D eigenvalue weighted by Gasteiger charge is -2.08. The van der Waals surface area contributed by atoms with E-state index in [2.05, 4.69) is 46.5 Å². The number of nitrogens with one attached hydrogen (secondary N) is 2. The zero-order valence-electron chi connectivity index (χ0n) is 14.0. The number of nitrogens with zero attached hydrogens (tertiary/aromatic N) is 1. The Hall–Kier alpha value is -2.73. The third-order valence-electron chi connectivity index (χ3n) is 4.90. The highest BCUT2D eigenvalue weighted by Gasteiger charge is 2.43. The molecule has 1 amide bonds. The predicted molar refractivity (Wildman–Crippen MR) is 103 cm³/mol. The van der Waals surface area contributed by atoms with E-state index < -0.39 is 12.1 Å². The van der Waals surface area contributed by atoms with Crippen molar-refractivity contribution >= 4 is 43.5 Å². The van der Waals surface area contributed by atoms with Crippen LogP contribution in [0.3, 0.4) is 0 Å². The Morgan fingerprint density at radius 1 is 1.31 bits per heavy atom. The number of carbonyl (C=O) groups is 1. The summed E-state index contributed by atoms with van der Waals surface area (Å²) in [6.45, 7) is 2.10. The van der Waals surface area contributed by atoms with Crippen molar-refractivity contribution in [2.75, 3.05) is 5.32 Å². The molecule has 1 saturated carbocycles. The molecule has 1 aliphatic rings. The molecule has 2 aromatic carbocycles. The predicted octanol–water partition coefficient (Wildman–Crippen LogP) is 5.05. The average molecular weight is 365 g/mol. The van der Waals surface area contributed by atoms with E-state index in [9.17, 15) is 9.18 Å². The Morgan fingerprint density at radius 3 is 2.96 bits per heavy atom. The first-order valence-corrected chi connectivity index (χ1v) is 9.34. The van der Waals surface area contributed by atoms with Crippen molar-refractivity contribution in [2.45, 2.75) is 19.5 Å². The van der Waals surface area contributed by atoms with E-state index in [4.69, 9.17) is 0 Å². The number of aryl methyl sites for hydroxylation is 1. The van der Waals surface area contributed by atoms with Crippen molar-refractivity contribution in [1.82, 2.24) is 9.97 Å². The molecule has 0 saturated heterocycles. The molecular weight excluding hydrogens is 349 g/mol. The number of rotatable bonds is 3. The van der Waals surface area contributed by atoms with Gasteiger partial charge in [0.2, 0.25) is 5.91 Å². The van der Waals surface area contributed by atoms with Crippen LogP contribution in [0.5, 0.6) is 0 Å². The van der Waals surface area contributed by atoms with E-state index in [0.717, 1.165) is 21.3 Å². The Kier molecular flexibility index (Phi) is 3.37. The van der Waals surface area contributed by atoms with Gasteiger partial charge in [-0.25, -0.2) is 9.37 Å². The summed E-state index contributed by atoms with van der Waals surface area (Å²) < 4.78 is 14.0. The van der Waals surface area contributed by atoms with Gasteiger partial charge in [0.1, 0.15) is 6.17 Å². The Bertz CT molecular complexity index is 1160. The lowest BCUT2D eigenvalue weighted by atomic mass is 9.97. The zero-order chi connectivity index (χ0) is 17.8. The molecule has 1 aliphatic carbocycles. The van der Waals surface area contributed by atoms with Gasteiger partial charge in [0.05, 0.1) is 16.1 Å². The molecule has 0 aliphatic heterocycles. The van der Waals surface area contributed by atoms with Crippen LogP contribution in [0.4, 0.5) is 9.52 Å². The molecule has 0 radical (unpaired) electrons. The number of H-pyrrole nitrogens is 1. The van der Waals surface area contributed by atoms with Gasteiger partial charge in [0.15, 0.2) is 5.13 Å². The van der Waals surface area contributed by atoms with Gasteiger partial charge < -0.3 is 10.3 Å². The van der Waals surface area contributed by atoms with Crippen LogP contribution in [0.2, 0.25) is 0 Å². The molecule has 0 bridgehead atoms. The molecule has 130 valence electrons. The van der Waals surface area contributed by atoms with Crippen molar-refractivity contribution in [1.29, 1.82) is 0 Å². The van der Waals surface area contributed by atoms with Gasteiger partial charge in [-0.15, -0.1) is 0 Å². The summed E-state index contributed by atoms with van der Waals surface area (Å²) in [5.74, 6) is -0.781. The summed E-state index contributed by atoms with van der Waals surface area (Å²) in [6, 6.07) is 12.4. The third kappa shape index (κ3) is 2.49. The van der Waals surface area contributed by atoms with E-state index in [1.165, 1.54) is 27.8 Å². The monoisotopic (exact) mass is 365 g/mol. The number of fused-ring (bicyclic) bond motifs is 2. The smallest absolute Gasteiger partial charge is 0.232 e. The van der Waals surface area contributed by atoms with E-state index in [0.29, 0.717) is 11.6 Å². The number of halogens is 1. The highest BCUT2D eigenvalue weighted by molar-refractivity contribution is 7.22. The van der Waals surface area contributed by atoms with Gasteiger partial charge in [-0.1, -0.05) is 23.5 Å². The van der Waals surface area contributed by atoms with Gasteiger partial charge in [0.25, 0.3) is 0 Å². The topological polar surface area (TPSA) is 57.8 Å². The number of amides is 1. The molecule has 2 N–H and O–H groups in total. The van der Waals surface area contributed by atoms with Gasteiger partial charge in [0, 0.05) is 17.1 Å². The molecule has 1 fully saturated rings. The summed E-state index contributed by atoms with van der Waals surface area (Å²) in [5, 5.41) is 4.45. The first-order chi connectivity index (χ1) is 12.6. The fourth-order valence-corrected chi connectivity index (χ4v) is 4.24. The van der Waals surface area contributed by atoms with E-state index in [1.54, 1.807) is 0 Å². The lowest BCUT2D eigenvalue weighted by Crippen LogP contribution is -2.14. The zero-order valence-corrected chi connectivity index (χ0v) is 14.9. The minimum absolute atomic E-state index is 0.273. The van der Waals surface area contributed by atoms with E-state index >= 15 is 0 Å². The number of hydrogen-bond acceptors (Lipinski definition) is 3. The van der Waals surface area contributed by atoms with Crippen LogP contribution in [-0.4, -0.2) is 22.0 Å². The first-order valence-electron chi connectivity index (χ1n) is 8.53. The van der Waals surface area contributed by atoms with Crippen LogP contribution in [0.15, 0.2) is 42.6 Å². The van der Waals surface area contributed by atoms with Crippen LogP contribution in [-0.2, 0) is 4.79 Å². The first kappa shape index (κ1) is 15.5. The molecule has 0 unspecified atom stereocenters. The molecule has 26 heavy (non-hydrogen) atoms. The summed E-state index contributed by atoms with van der Waals surface area (Å²) >= 11 is 1.41. The van der Waals surface area contributed by atoms with Crippen LogP contribution in [0.1, 0.15) is 12.0 Å². The van der Waals surface area contributed by atoms with Crippen molar-refractivity contribution in [3.8, 4) is 11.1 Å². The lowest BCUT2D eigenvalue weighted by molar-refractivity contribution is -0.117. The standard InChI is InChI=1S/C20H16FN3OS/c1-10-2-4-15-12(6-7-22-15)18(10)11-3-5-17-16(8-11)23-20(26-17)24-19(25)13-9-14(13)21/h2-8,13-14,22H,9H2,1H3,(H,23,24,25)/t13-,14+/m1/s1. The molecule has 4 aromatic rings. The molecule has 0 spiro atoms. The van der Waals surface area contributed by atoms with Crippen molar-refractivity contribution < 1.29 is 9.18 Å². The van der Waals surface area contributed by atoms with Crippen LogP contribution < -0.4 is 5.32 Å². The quantitative estimate of drug-likeness (QED) is 0.534. The summed E-state index contributed by atoms with van der Waals surface area (Å²) in [5.41, 5.74) is 5.41. The van der Waals surface area contributed by atoms with Gasteiger partial charge in [-0.2, -0.15) is 0 Å². The highest BCUT2D eigenvalue weighted by Crippen LogP contribution is 2.37. The summed E-state index contributed by atoms with van der Waals surface area (Å²) in [6.07, 6.45) is 1.26. The fraction of sp³-hybridized carbons (Fsp3) is 0.200. The SMILES string of the molecule is Cc1ccc2[nH]ccc2c1-c1ccc2sc(NC(=O)[C@@H]3C[C@@H]3F)nc2c1. The van der Waals surface area contributed by atoms with E-state index in [-0.39, 0.29) is 5.91 Å². The molecule has 2 heterocycles. The molecular formula is C20H16FN3OS. The van der Waals surface area contributed by atoms with Gasteiger partial charge in [-0.3, -0.25) is 4.79 Å². The third-order valence-corrected chi connectivity index (χ3v) is 5.85. The molecule has 5 rings (SSSR count). The second kappa shape index (κ2) is 5.64. The summed E-state index contributed by atoms with van der Waals surface area (Å²) in [7, 11) is 0. The van der Waals surface area contributed by atoms with Crippen LogP contribution in [0.25, 0.3) is 32.2 Å². The molecule has 6 heteroatoms. The number of hydrogen-bond donors (Lipinski definition) is 2. The number of anilines is 1. The molecule has 2 atom stereocenters. The number of alkyl halides is 1. The number of aromatic amines is 1. The van der Waals surface area contributed by atoms with Crippen molar-refractivity contribution in [3.05, 3.63) is 48.2 Å². The Morgan fingerprint density at radius 2 is 2.15 bits per heavy atom. The maximum absolute atomic E-state index is 13.0. The second-order valence-corrected chi connectivity index (χ2v) is 7.78. The van der Waals surface area contributed by atoms with Crippen molar-refractivity contribution in [2.24, 2.45) is 5.92 Å². The van der Waals surface area contributed by atoms with Crippen LogP contribution in [0, 0.1) is 12.8 Å². The van der Waals surface area contributed by atoms with Crippen LogP contribution >= 0.6 is 11.3 Å². The Balaban J connectivity index is 1.54. The fourth-order valence-electron chi connectivity index (χ4n) is 3.40. The maximum atomic E-state index is 13.0. The van der Waals surface area contributed by atoms with E-state index in [1.807, 2.05) is 18.3 Å². The second-order valence-electron chi connectivity index (χ2n) is 6.75. The molecule has 4 nitrogen and oxygen atoms in total. The minimum atomic E-state index is -0.999. The maximum Gasteiger partial charge on any atom is 0.232 e.